The van der Waals surface area contributed by atoms with Crippen molar-refractivity contribution in [2.45, 2.75) is 45.7 Å². The van der Waals surface area contributed by atoms with Crippen LogP contribution < -0.4 is 15.0 Å². The molecule has 0 aliphatic rings. The zero-order valence-corrected chi connectivity index (χ0v) is 19.7. The van der Waals surface area contributed by atoms with Crippen molar-refractivity contribution >= 4 is 33.4 Å². The zero-order chi connectivity index (χ0) is 22.5. The van der Waals surface area contributed by atoms with Gasteiger partial charge in [0.15, 0.2) is 0 Å². The summed E-state index contributed by atoms with van der Waals surface area (Å²) in [6.45, 7) is 11.4. The van der Waals surface area contributed by atoms with E-state index in [0.29, 0.717) is 17.0 Å². The van der Waals surface area contributed by atoms with Gasteiger partial charge in [-0.2, -0.15) is 0 Å². The van der Waals surface area contributed by atoms with Gasteiger partial charge in [-0.3, -0.25) is 14.5 Å². The Bertz CT molecular complexity index is 934. The number of aryl methyl sites for hydroxylation is 1. The molecule has 2 aromatic rings. The highest BCUT2D eigenvalue weighted by Gasteiger charge is 2.35. The summed E-state index contributed by atoms with van der Waals surface area (Å²) in [6, 6.07) is 12.0. The van der Waals surface area contributed by atoms with Crippen LogP contribution in [0.15, 0.2) is 59.6 Å². The van der Waals surface area contributed by atoms with Gasteiger partial charge in [0.05, 0.1) is 12.8 Å². The number of ether oxygens (including phenoxy) is 1. The third-order valence-corrected chi connectivity index (χ3v) is 5.00. The number of halogens is 1. The molecule has 0 aliphatic carbocycles. The van der Waals surface area contributed by atoms with Gasteiger partial charge < -0.3 is 10.1 Å². The summed E-state index contributed by atoms with van der Waals surface area (Å²) in [5.74, 6) is 0.104. The summed E-state index contributed by atoms with van der Waals surface area (Å²) < 4.78 is 6.09. The highest BCUT2D eigenvalue weighted by molar-refractivity contribution is 9.10. The number of rotatable bonds is 7. The van der Waals surface area contributed by atoms with Crippen molar-refractivity contribution in [2.24, 2.45) is 0 Å². The van der Waals surface area contributed by atoms with Crippen LogP contribution in [0.3, 0.4) is 0 Å². The van der Waals surface area contributed by atoms with Crippen molar-refractivity contribution in [1.29, 1.82) is 0 Å². The van der Waals surface area contributed by atoms with Gasteiger partial charge in [0, 0.05) is 16.4 Å². The lowest BCUT2D eigenvalue weighted by molar-refractivity contribution is -0.127. The van der Waals surface area contributed by atoms with Crippen molar-refractivity contribution in [3.63, 3.8) is 0 Å². The van der Waals surface area contributed by atoms with E-state index in [9.17, 15) is 9.59 Å². The monoisotopic (exact) mass is 472 g/mol. The Morgan fingerprint density at radius 1 is 1.23 bits per heavy atom. The molecule has 1 unspecified atom stereocenters. The average molecular weight is 473 g/mol. The summed E-state index contributed by atoms with van der Waals surface area (Å²) >= 11 is 3.57. The predicted molar refractivity (Wildman–Crippen MR) is 125 cm³/mol. The molecule has 2 rings (SSSR count). The molecule has 0 spiro atoms. The number of methoxy groups -OCH3 is 1. The molecular formula is C24H29BrN2O3. The van der Waals surface area contributed by atoms with Gasteiger partial charge in [-0.25, -0.2) is 0 Å². The van der Waals surface area contributed by atoms with E-state index in [1.54, 1.807) is 25.3 Å². The molecule has 6 heteroatoms. The summed E-state index contributed by atoms with van der Waals surface area (Å²) in [7, 11) is 1.57. The summed E-state index contributed by atoms with van der Waals surface area (Å²) in [5.41, 5.74) is 1.84. The van der Waals surface area contributed by atoms with Gasteiger partial charge >= 0.3 is 0 Å². The Balaban J connectivity index is 2.71. The molecule has 1 atom stereocenters. The average Bonchev–Trinajstić information content (AvgIpc) is 2.65. The normalized spacial score (nSPS) is 12.1. The number of amides is 2. The Kier molecular flexibility index (Phi) is 7.84. The van der Waals surface area contributed by atoms with Crippen LogP contribution in [0, 0.1) is 6.92 Å². The highest BCUT2D eigenvalue weighted by atomic mass is 79.9. The van der Waals surface area contributed by atoms with Crippen molar-refractivity contribution in [2.75, 3.05) is 12.0 Å². The molecule has 1 N–H and O–H groups in total. The molecule has 160 valence electrons. The first kappa shape index (κ1) is 23.7. The SMILES string of the molecule is C=CCC(=O)N(c1ccc(C)cc1Br)C(C(=O)NC(C)(C)C)c1cccc(OC)c1. The van der Waals surface area contributed by atoms with Crippen molar-refractivity contribution in [3.05, 3.63) is 70.7 Å². The van der Waals surface area contributed by atoms with Crippen LogP contribution >= 0.6 is 15.9 Å². The van der Waals surface area contributed by atoms with Gasteiger partial charge in [-0.15, -0.1) is 6.58 Å². The number of nitrogens with one attached hydrogen (secondary N) is 1. The Hall–Kier alpha value is -2.60. The first-order valence-corrected chi connectivity index (χ1v) is 10.5. The van der Waals surface area contributed by atoms with Gasteiger partial charge in [-0.05, 0) is 79.0 Å². The molecule has 0 saturated carbocycles. The third-order valence-electron chi connectivity index (χ3n) is 4.36. The minimum absolute atomic E-state index is 0.101. The largest absolute Gasteiger partial charge is 0.497 e. The van der Waals surface area contributed by atoms with E-state index in [1.165, 1.54) is 4.90 Å². The van der Waals surface area contributed by atoms with Crippen LogP contribution in [0.4, 0.5) is 5.69 Å². The minimum atomic E-state index is -0.884. The Labute approximate surface area is 187 Å². The Morgan fingerprint density at radius 3 is 2.50 bits per heavy atom. The molecule has 2 aromatic carbocycles. The minimum Gasteiger partial charge on any atom is -0.497 e. The van der Waals surface area contributed by atoms with E-state index < -0.39 is 11.6 Å². The molecule has 0 radical (unpaired) electrons. The maximum atomic E-state index is 13.5. The van der Waals surface area contributed by atoms with E-state index >= 15 is 0 Å². The predicted octanol–water partition coefficient (Wildman–Crippen LogP) is 5.33. The molecule has 0 saturated heterocycles. The molecular weight excluding hydrogens is 444 g/mol. The van der Waals surface area contributed by atoms with Crippen LogP contribution in [0.1, 0.15) is 44.4 Å². The second-order valence-corrected chi connectivity index (χ2v) is 8.98. The maximum absolute atomic E-state index is 13.5. The standard InChI is InChI=1S/C24H29BrN2O3/c1-7-9-21(28)27(20-13-12-16(2)14-19(20)25)22(23(29)26-24(3,4)5)17-10-8-11-18(15-17)30-6/h7-8,10-15,22H,1,9H2,2-6H3,(H,26,29). The summed E-state index contributed by atoms with van der Waals surface area (Å²) in [5, 5.41) is 3.02. The molecule has 0 aromatic heterocycles. The molecule has 2 amide bonds. The van der Waals surface area contributed by atoms with E-state index in [4.69, 9.17) is 4.74 Å². The smallest absolute Gasteiger partial charge is 0.248 e. The number of hydrogen-bond donors (Lipinski definition) is 1. The first-order valence-electron chi connectivity index (χ1n) is 9.72. The lowest BCUT2D eigenvalue weighted by atomic mass is 10.00. The molecule has 0 fully saturated rings. The van der Waals surface area contributed by atoms with Crippen molar-refractivity contribution in [1.82, 2.24) is 5.32 Å². The highest BCUT2D eigenvalue weighted by Crippen LogP contribution is 2.36. The number of benzene rings is 2. The zero-order valence-electron chi connectivity index (χ0n) is 18.2. The quantitative estimate of drug-likeness (QED) is 0.553. The van der Waals surface area contributed by atoms with Gasteiger partial charge in [0.2, 0.25) is 11.8 Å². The van der Waals surface area contributed by atoms with E-state index in [2.05, 4.69) is 27.8 Å². The second-order valence-electron chi connectivity index (χ2n) is 8.13. The van der Waals surface area contributed by atoms with Crippen LogP contribution in [0.25, 0.3) is 0 Å². The topological polar surface area (TPSA) is 58.6 Å². The third kappa shape index (κ3) is 5.95. The fourth-order valence-corrected chi connectivity index (χ4v) is 3.80. The fraction of sp³-hybridized carbons (Fsp3) is 0.333. The van der Waals surface area contributed by atoms with Gasteiger partial charge in [0.1, 0.15) is 11.8 Å². The number of carbonyl (C=O) groups is 2. The molecule has 5 nitrogen and oxygen atoms in total. The number of carbonyl (C=O) groups excluding carboxylic acids is 2. The number of hydrogen-bond acceptors (Lipinski definition) is 3. The molecule has 30 heavy (non-hydrogen) atoms. The first-order chi connectivity index (χ1) is 14.1. The van der Waals surface area contributed by atoms with Crippen LogP contribution in [-0.2, 0) is 9.59 Å². The summed E-state index contributed by atoms with van der Waals surface area (Å²) in [4.78, 5) is 28.2. The molecule has 0 heterocycles. The van der Waals surface area contributed by atoms with E-state index in [-0.39, 0.29) is 18.2 Å². The van der Waals surface area contributed by atoms with Crippen molar-refractivity contribution < 1.29 is 14.3 Å². The lowest BCUT2D eigenvalue weighted by Gasteiger charge is -2.34. The number of nitrogens with zero attached hydrogens (tertiary/aromatic N) is 1. The molecule has 0 bridgehead atoms. The van der Waals surface area contributed by atoms with Gasteiger partial charge in [-0.1, -0.05) is 24.3 Å². The van der Waals surface area contributed by atoms with E-state index in [1.807, 2.05) is 58.0 Å². The number of anilines is 1. The fourth-order valence-electron chi connectivity index (χ4n) is 3.11. The summed E-state index contributed by atoms with van der Waals surface area (Å²) in [6.07, 6.45) is 1.64. The maximum Gasteiger partial charge on any atom is 0.248 e. The Morgan fingerprint density at radius 2 is 1.93 bits per heavy atom. The lowest BCUT2D eigenvalue weighted by Crippen LogP contribution is -2.49. The van der Waals surface area contributed by atoms with Gasteiger partial charge in [0.25, 0.3) is 0 Å². The van der Waals surface area contributed by atoms with Crippen LogP contribution in [-0.4, -0.2) is 24.5 Å². The molecule has 0 aliphatic heterocycles. The van der Waals surface area contributed by atoms with Crippen LogP contribution in [0.2, 0.25) is 0 Å². The second kappa shape index (κ2) is 9.94. The van der Waals surface area contributed by atoms with E-state index in [0.717, 1.165) is 10.0 Å². The van der Waals surface area contributed by atoms with Crippen LogP contribution in [0.5, 0.6) is 5.75 Å². The van der Waals surface area contributed by atoms with Crippen molar-refractivity contribution in [3.8, 4) is 5.75 Å².